The number of ether oxygens (including phenoxy) is 1. The summed E-state index contributed by atoms with van der Waals surface area (Å²) in [6.45, 7) is 4.24. The van der Waals surface area contributed by atoms with Crippen LogP contribution in [0.15, 0.2) is 0 Å². The van der Waals surface area contributed by atoms with Gasteiger partial charge in [-0.3, -0.25) is 14.5 Å². The zero-order valence-electron chi connectivity index (χ0n) is 11.3. The summed E-state index contributed by atoms with van der Waals surface area (Å²) < 4.78 is 4.73. The number of carboxylic acid groups (broad SMARTS) is 1. The van der Waals surface area contributed by atoms with E-state index in [1.807, 2.05) is 4.90 Å². The summed E-state index contributed by atoms with van der Waals surface area (Å²) in [5.41, 5.74) is 0. The van der Waals surface area contributed by atoms with Crippen LogP contribution in [-0.2, 0) is 14.3 Å². The lowest BCUT2D eigenvalue weighted by Gasteiger charge is -2.34. The van der Waals surface area contributed by atoms with Crippen LogP contribution in [0.5, 0.6) is 0 Å². The Morgan fingerprint density at radius 2 is 1.75 bits per heavy atom. The average Bonchev–Trinajstić information content (AvgIpc) is 2.84. The lowest BCUT2D eigenvalue weighted by molar-refractivity contribution is -0.137. The molecule has 2 rings (SSSR count). The van der Waals surface area contributed by atoms with Crippen LogP contribution in [0.4, 0.5) is 4.79 Å². The van der Waals surface area contributed by atoms with E-state index in [-0.39, 0.29) is 25.5 Å². The van der Waals surface area contributed by atoms with E-state index in [4.69, 9.17) is 9.84 Å². The van der Waals surface area contributed by atoms with Crippen LogP contribution in [0.25, 0.3) is 0 Å². The maximum absolute atomic E-state index is 11.9. The van der Waals surface area contributed by atoms with Gasteiger partial charge in [-0.25, -0.2) is 9.69 Å². The number of nitrogens with zero attached hydrogens (tertiary/aromatic N) is 3. The van der Waals surface area contributed by atoms with Gasteiger partial charge in [0.2, 0.25) is 5.91 Å². The number of piperazine rings is 1. The minimum atomic E-state index is -0.796. The van der Waals surface area contributed by atoms with Crippen LogP contribution >= 0.6 is 0 Å². The summed E-state index contributed by atoms with van der Waals surface area (Å²) in [4.78, 5) is 38.9. The van der Waals surface area contributed by atoms with Crippen LogP contribution < -0.4 is 0 Å². The predicted octanol–water partition coefficient (Wildman–Crippen LogP) is -0.942. The minimum absolute atomic E-state index is 0.137. The van der Waals surface area contributed by atoms with Crippen molar-refractivity contribution in [3.8, 4) is 0 Å². The summed E-state index contributed by atoms with van der Waals surface area (Å²) in [7, 11) is 0. The van der Waals surface area contributed by atoms with Crippen molar-refractivity contribution in [2.45, 2.75) is 6.42 Å². The molecule has 0 spiro atoms. The van der Waals surface area contributed by atoms with Crippen LogP contribution in [0, 0.1) is 0 Å². The molecule has 8 nitrogen and oxygen atoms in total. The monoisotopic (exact) mass is 285 g/mol. The van der Waals surface area contributed by atoms with Crippen LogP contribution in [0.1, 0.15) is 6.42 Å². The quantitative estimate of drug-likeness (QED) is 0.697. The highest BCUT2D eigenvalue weighted by atomic mass is 16.6. The molecule has 1 N–H and O–H groups in total. The van der Waals surface area contributed by atoms with Crippen molar-refractivity contribution in [1.82, 2.24) is 14.7 Å². The fourth-order valence-electron chi connectivity index (χ4n) is 2.32. The van der Waals surface area contributed by atoms with Gasteiger partial charge in [-0.05, 0) is 0 Å². The van der Waals surface area contributed by atoms with Crippen molar-refractivity contribution >= 4 is 18.0 Å². The van der Waals surface area contributed by atoms with E-state index in [9.17, 15) is 14.4 Å². The van der Waals surface area contributed by atoms with Gasteiger partial charge in [0.1, 0.15) is 6.61 Å². The van der Waals surface area contributed by atoms with Gasteiger partial charge >= 0.3 is 12.1 Å². The molecule has 20 heavy (non-hydrogen) atoms. The van der Waals surface area contributed by atoms with E-state index in [0.717, 1.165) is 18.0 Å². The van der Waals surface area contributed by atoms with Gasteiger partial charge in [0.05, 0.1) is 19.5 Å². The number of hydrogen-bond acceptors (Lipinski definition) is 6. The van der Waals surface area contributed by atoms with Crippen molar-refractivity contribution in [3.05, 3.63) is 0 Å². The van der Waals surface area contributed by atoms with Gasteiger partial charge in [0.15, 0.2) is 0 Å². The molecule has 2 aliphatic heterocycles. The van der Waals surface area contributed by atoms with E-state index in [1.54, 1.807) is 0 Å². The van der Waals surface area contributed by atoms with Gasteiger partial charge in [0, 0.05) is 32.7 Å². The third-order valence-corrected chi connectivity index (χ3v) is 3.53. The molecule has 0 aromatic carbocycles. The molecule has 0 aromatic rings. The van der Waals surface area contributed by atoms with Gasteiger partial charge in [-0.15, -0.1) is 0 Å². The molecule has 2 heterocycles. The topological polar surface area (TPSA) is 90.4 Å². The molecule has 2 fully saturated rings. The molecular weight excluding hydrogens is 266 g/mol. The fraction of sp³-hybridized carbons (Fsp3) is 0.750. The SMILES string of the molecule is O=C(O)CCN1CCN(CC(=O)N2CCOC2=O)CC1. The highest BCUT2D eigenvalue weighted by molar-refractivity contribution is 5.94. The Labute approximate surface area is 116 Å². The summed E-state index contributed by atoms with van der Waals surface area (Å²) in [6.07, 6.45) is -0.423. The predicted molar refractivity (Wildman–Crippen MR) is 68.2 cm³/mol. The molecule has 112 valence electrons. The number of hydrogen-bond donors (Lipinski definition) is 1. The van der Waals surface area contributed by atoms with E-state index < -0.39 is 12.1 Å². The summed E-state index contributed by atoms with van der Waals surface area (Å²) >= 11 is 0. The van der Waals surface area contributed by atoms with Crippen molar-refractivity contribution in [3.63, 3.8) is 0 Å². The normalized spacial score (nSPS) is 21.0. The van der Waals surface area contributed by atoms with Gasteiger partial charge < -0.3 is 14.7 Å². The van der Waals surface area contributed by atoms with Crippen LogP contribution in [0.3, 0.4) is 0 Å². The Morgan fingerprint density at radius 3 is 2.30 bits per heavy atom. The van der Waals surface area contributed by atoms with Crippen molar-refractivity contribution in [2.75, 3.05) is 52.4 Å². The third-order valence-electron chi connectivity index (χ3n) is 3.53. The molecule has 2 aliphatic rings. The molecule has 2 amide bonds. The highest BCUT2D eigenvalue weighted by Crippen LogP contribution is 2.07. The number of carbonyl (C=O) groups is 3. The van der Waals surface area contributed by atoms with Gasteiger partial charge in [0.25, 0.3) is 0 Å². The Hall–Kier alpha value is -1.67. The summed E-state index contributed by atoms with van der Waals surface area (Å²) in [5.74, 6) is -1.03. The third kappa shape index (κ3) is 3.91. The Balaban J connectivity index is 1.70. The largest absolute Gasteiger partial charge is 0.481 e. The number of amides is 2. The first-order chi connectivity index (χ1) is 9.56. The molecule has 0 aromatic heterocycles. The lowest BCUT2D eigenvalue weighted by Crippen LogP contribution is -2.50. The standard InChI is InChI=1S/C12H19N3O5/c16-10(15-7-8-20-12(15)19)9-14-5-3-13(4-6-14)2-1-11(17)18/h1-9H2,(H,17,18). The van der Waals surface area contributed by atoms with E-state index in [1.165, 1.54) is 0 Å². The molecule has 8 heteroatoms. The maximum atomic E-state index is 11.9. The highest BCUT2D eigenvalue weighted by Gasteiger charge is 2.30. The Morgan fingerprint density at radius 1 is 1.10 bits per heavy atom. The second-order valence-corrected chi connectivity index (χ2v) is 4.92. The van der Waals surface area contributed by atoms with Gasteiger partial charge in [-0.2, -0.15) is 0 Å². The molecule has 0 atom stereocenters. The zero-order chi connectivity index (χ0) is 14.5. The first-order valence-electron chi connectivity index (χ1n) is 6.70. The van der Waals surface area contributed by atoms with Crippen molar-refractivity contribution < 1.29 is 24.2 Å². The smallest absolute Gasteiger partial charge is 0.416 e. The number of rotatable bonds is 5. The summed E-state index contributed by atoms with van der Waals surface area (Å²) in [6, 6.07) is 0. The first kappa shape index (κ1) is 14.7. The molecule has 0 unspecified atom stereocenters. The van der Waals surface area contributed by atoms with Gasteiger partial charge in [-0.1, -0.05) is 0 Å². The van der Waals surface area contributed by atoms with E-state index in [0.29, 0.717) is 26.2 Å². The van der Waals surface area contributed by atoms with Crippen LogP contribution in [0.2, 0.25) is 0 Å². The Kier molecular flexibility index (Phi) is 4.91. The van der Waals surface area contributed by atoms with E-state index in [2.05, 4.69) is 4.90 Å². The zero-order valence-corrected chi connectivity index (χ0v) is 11.3. The number of aliphatic carboxylic acids is 1. The molecule has 0 bridgehead atoms. The van der Waals surface area contributed by atoms with Crippen molar-refractivity contribution in [2.24, 2.45) is 0 Å². The number of carbonyl (C=O) groups excluding carboxylic acids is 2. The second kappa shape index (κ2) is 6.67. The minimum Gasteiger partial charge on any atom is -0.481 e. The molecule has 0 aliphatic carbocycles. The number of cyclic esters (lactones) is 1. The van der Waals surface area contributed by atoms with Crippen LogP contribution in [-0.4, -0.2) is 90.2 Å². The molecule has 2 saturated heterocycles. The maximum Gasteiger partial charge on any atom is 0.416 e. The molecule has 0 radical (unpaired) electrons. The van der Waals surface area contributed by atoms with Crippen molar-refractivity contribution in [1.29, 1.82) is 0 Å². The second-order valence-electron chi connectivity index (χ2n) is 4.92. The average molecular weight is 285 g/mol. The first-order valence-corrected chi connectivity index (χ1v) is 6.70. The lowest BCUT2D eigenvalue weighted by atomic mass is 10.3. The number of imide groups is 1. The number of carboxylic acids is 1. The fourth-order valence-corrected chi connectivity index (χ4v) is 2.32. The summed E-state index contributed by atoms with van der Waals surface area (Å²) in [5, 5.41) is 8.63. The molecule has 0 saturated carbocycles. The van der Waals surface area contributed by atoms with E-state index >= 15 is 0 Å². The molecular formula is C12H19N3O5. The Bertz CT molecular complexity index is 393.